The molecule has 0 aliphatic heterocycles. The standard InChI is InChI=1S/C8H9ClO2.Sc/c9-11-6-8(10)7-4-2-1-3-5-7;/h1-5,8,10H,6H2;. The van der Waals surface area contributed by atoms with Crippen LogP contribution in [0.15, 0.2) is 30.3 Å². The van der Waals surface area contributed by atoms with Gasteiger partial charge in [-0.2, -0.15) is 0 Å². The Morgan fingerprint density at radius 3 is 2.42 bits per heavy atom. The zero-order chi connectivity index (χ0) is 8.10. The molecule has 0 saturated carbocycles. The third kappa shape index (κ3) is 3.81. The number of benzene rings is 1. The van der Waals surface area contributed by atoms with Crippen molar-refractivity contribution in [2.24, 2.45) is 0 Å². The monoisotopic (exact) mass is 217 g/mol. The molecule has 1 aromatic rings. The number of halogens is 1. The molecule has 1 radical (unpaired) electrons. The second kappa shape index (κ2) is 6.78. The fourth-order valence-corrected chi connectivity index (χ4v) is 0.950. The molecule has 0 aliphatic rings. The Morgan fingerprint density at radius 2 is 1.92 bits per heavy atom. The van der Waals surface area contributed by atoms with Crippen LogP contribution in [0.4, 0.5) is 0 Å². The van der Waals surface area contributed by atoms with E-state index in [9.17, 15) is 5.11 Å². The van der Waals surface area contributed by atoms with Crippen LogP contribution >= 0.6 is 11.9 Å². The number of aliphatic hydroxyl groups is 1. The summed E-state index contributed by atoms with van der Waals surface area (Å²) < 4.78 is 4.28. The van der Waals surface area contributed by atoms with E-state index in [1.165, 1.54) is 0 Å². The normalized spacial score (nSPS) is 11.8. The first kappa shape index (κ1) is 12.3. The van der Waals surface area contributed by atoms with Crippen LogP contribution in [0.3, 0.4) is 0 Å². The first-order valence-corrected chi connectivity index (χ1v) is 3.62. The molecule has 0 aromatic heterocycles. The minimum absolute atomic E-state index is 0. The molecule has 0 fully saturated rings. The van der Waals surface area contributed by atoms with Crippen molar-refractivity contribution in [2.45, 2.75) is 6.10 Å². The summed E-state index contributed by atoms with van der Waals surface area (Å²) in [5.41, 5.74) is 0.813. The fraction of sp³-hybridized carbons (Fsp3) is 0.250. The smallest absolute Gasteiger partial charge is 0.104 e. The summed E-state index contributed by atoms with van der Waals surface area (Å²) in [6, 6.07) is 9.23. The maximum atomic E-state index is 9.31. The van der Waals surface area contributed by atoms with Gasteiger partial charge in [0.05, 0.1) is 18.5 Å². The van der Waals surface area contributed by atoms with Gasteiger partial charge >= 0.3 is 0 Å². The molecule has 0 aliphatic carbocycles. The van der Waals surface area contributed by atoms with Gasteiger partial charge in [0.1, 0.15) is 6.10 Å². The van der Waals surface area contributed by atoms with Crippen LogP contribution in [0.5, 0.6) is 0 Å². The van der Waals surface area contributed by atoms with Gasteiger partial charge in [-0.25, -0.2) is 0 Å². The van der Waals surface area contributed by atoms with Gasteiger partial charge in [0.25, 0.3) is 0 Å². The molecule has 1 rings (SSSR count). The Labute approximate surface area is 95.5 Å². The quantitative estimate of drug-likeness (QED) is 0.838. The van der Waals surface area contributed by atoms with Gasteiger partial charge in [0.15, 0.2) is 0 Å². The van der Waals surface area contributed by atoms with Crippen LogP contribution in [0.25, 0.3) is 0 Å². The van der Waals surface area contributed by atoms with Crippen LogP contribution in [-0.4, -0.2) is 11.7 Å². The summed E-state index contributed by atoms with van der Waals surface area (Å²) in [6.45, 7) is 0.117. The average molecular weight is 218 g/mol. The van der Waals surface area contributed by atoms with Gasteiger partial charge in [-0.1, -0.05) is 30.3 Å². The molecule has 1 aromatic carbocycles. The van der Waals surface area contributed by atoms with Crippen molar-refractivity contribution in [1.29, 1.82) is 0 Å². The Balaban J connectivity index is 0.00000121. The van der Waals surface area contributed by atoms with Gasteiger partial charge in [-0.15, -0.1) is 0 Å². The summed E-state index contributed by atoms with van der Waals surface area (Å²) in [5.74, 6) is 0. The molecule has 63 valence electrons. The van der Waals surface area contributed by atoms with E-state index < -0.39 is 6.10 Å². The molecule has 0 saturated heterocycles. The van der Waals surface area contributed by atoms with Gasteiger partial charge in [-0.05, 0) is 5.56 Å². The van der Waals surface area contributed by atoms with E-state index in [-0.39, 0.29) is 32.5 Å². The molecular formula is C8H9ClO2Sc. The SMILES string of the molecule is OC(COCl)c1ccccc1.[Sc]. The number of aliphatic hydroxyl groups excluding tert-OH is 1. The van der Waals surface area contributed by atoms with Crippen LogP contribution in [0.1, 0.15) is 11.7 Å². The topological polar surface area (TPSA) is 29.5 Å². The molecule has 12 heavy (non-hydrogen) atoms. The van der Waals surface area contributed by atoms with Crippen molar-refractivity contribution in [1.82, 2.24) is 0 Å². The van der Waals surface area contributed by atoms with Crippen LogP contribution in [0.2, 0.25) is 0 Å². The van der Waals surface area contributed by atoms with E-state index in [0.717, 1.165) is 5.56 Å². The van der Waals surface area contributed by atoms with Crippen LogP contribution in [-0.2, 0) is 30.1 Å². The van der Waals surface area contributed by atoms with Crippen molar-refractivity contribution in [3.63, 3.8) is 0 Å². The zero-order valence-electron chi connectivity index (χ0n) is 6.48. The fourth-order valence-electron chi connectivity index (χ4n) is 0.831. The van der Waals surface area contributed by atoms with E-state index >= 15 is 0 Å². The molecule has 0 heterocycles. The maximum absolute atomic E-state index is 9.31. The minimum atomic E-state index is -0.631. The summed E-state index contributed by atoms with van der Waals surface area (Å²) in [7, 11) is 0. The van der Waals surface area contributed by atoms with Crippen molar-refractivity contribution in [3.8, 4) is 0 Å². The molecular weight excluding hydrogens is 208 g/mol. The van der Waals surface area contributed by atoms with Crippen LogP contribution < -0.4 is 0 Å². The van der Waals surface area contributed by atoms with Gasteiger partial charge in [0.2, 0.25) is 0 Å². The molecule has 1 atom stereocenters. The van der Waals surface area contributed by atoms with Crippen molar-refractivity contribution >= 4 is 11.9 Å². The molecule has 2 nitrogen and oxygen atoms in total. The third-order valence-corrected chi connectivity index (χ3v) is 1.53. The van der Waals surface area contributed by atoms with E-state index in [2.05, 4.69) is 4.29 Å². The second-order valence-corrected chi connectivity index (χ2v) is 2.42. The zero-order valence-corrected chi connectivity index (χ0v) is 9.04. The van der Waals surface area contributed by atoms with E-state index in [1.54, 1.807) is 0 Å². The summed E-state index contributed by atoms with van der Waals surface area (Å²) in [6.07, 6.45) is -0.631. The Morgan fingerprint density at radius 1 is 1.33 bits per heavy atom. The molecule has 0 amide bonds. The maximum Gasteiger partial charge on any atom is 0.104 e. The third-order valence-electron chi connectivity index (χ3n) is 1.41. The average Bonchev–Trinajstić information content (AvgIpc) is 2.07. The minimum Gasteiger partial charge on any atom is -0.386 e. The van der Waals surface area contributed by atoms with Crippen molar-refractivity contribution in [2.75, 3.05) is 6.61 Å². The number of hydrogen-bond donors (Lipinski definition) is 1. The van der Waals surface area contributed by atoms with Crippen LogP contribution in [0, 0.1) is 0 Å². The predicted octanol–water partition coefficient (Wildman–Crippen LogP) is 1.89. The molecule has 4 heteroatoms. The van der Waals surface area contributed by atoms with Gasteiger partial charge in [-0.3, -0.25) is 4.29 Å². The van der Waals surface area contributed by atoms with E-state index in [1.807, 2.05) is 30.3 Å². The molecule has 0 bridgehead atoms. The van der Waals surface area contributed by atoms with E-state index in [4.69, 9.17) is 11.9 Å². The second-order valence-electron chi connectivity index (χ2n) is 2.20. The summed E-state index contributed by atoms with van der Waals surface area (Å²) in [4.78, 5) is 0. The Bertz CT molecular complexity index is 205. The Kier molecular flexibility index (Phi) is 6.95. The predicted molar refractivity (Wildman–Crippen MR) is 43.2 cm³/mol. The first-order valence-electron chi connectivity index (χ1n) is 3.31. The largest absolute Gasteiger partial charge is 0.386 e. The number of hydrogen-bond acceptors (Lipinski definition) is 2. The van der Waals surface area contributed by atoms with E-state index in [0.29, 0.717) is 0 Å². The van der Waals surface area contributed by atoms with Crippen molar-refractivity contribution < 1.29 is 35.2 Å². The Hall–Kier alpha value is 0.300. The molecule has 1 N–H and O–H groups in total. The van der Waals surface area contributed by atoms with Gasteiger partial charge in [0, 0.05) is 25.8 Å². The number of rotatable bonds is 3. The van der Waals surface area contributed by atoms with Gasteiger partial charge < -0.3 is 5.11 Å². The summed E-state index contributed by atoms with van der Waals surface area (Å²) in [5, 5.41) is 9.31. The molecule has 1 unspecified atom stereocenters. The molecule has 0 spiro atoms. The summed E-state index contributed by atoms with van der Waals surface area (Å²) >= 11 is 4.99. The van der Waals surface area contributed by atoms with Crippen molar-refractivity contribution in [3.05, 3.63) is 35.9 Å². The first-order chi connectivity index (χ1) is 5.34.